The third-order valence-corrected chi connectivity index (χ3v) is 4.73. The second-order valence-electron chi connectivity index (χ2n) is 6.49. The van der Waals surface area contributed by atoms with E-state index in [1.165, 1.54) is 63.4 Å². The minimum atomic E-state index is 0.647. The molecule has 1 aromatic rings. The van der Waals surface area contributed by atoms with Crippen molar-refractivity contribution in [3.05, 3.63) is 34.9 Å². The van der Waals surface area contributed by atoms with Gasteiger partial charge < -0.3 is 5.32 Å². The van der Waals surface area contributed by atoms with Crippen LogP contribution in [0.1, 0.15) is 76.2 Å². The summed E-state index contributed by atoms with van der Waals surface area (Å²) >= 11 is 6.01. The first-order valence-corrected chi connectivity index (χ1v) is 9.16. The van der Waals surface area contributed by atoms with Crippen LogP contribution in [0.5, 0.6) is 0 Å². The fraction of sp³-hybridized carbons (Fsp3) is 0.684. The maximum Gasteiger partial charge on any atom is 0.0406 e. The van der Waals surface area contributed by atoms with E-state index in [1.54, 1.807) is 0 Å². The largest absolute Gasteiger partial charge is 0.313 e. The number of unbranched alkanes of at least 4 members (excludes halogenated alkanes) is 5. The maximum absolute atomic E-state index is 6.01. The summed E-state index contributed by atoms with van der Waals surface area (Å²) in [6, 6.07) is 9.27. The first-order valence-electron chi connectivity index (χ1n) is 8.78. The van der Waals surface area contributed by atoms with Crippen LogP contribution < -0.4 is 5.32 Å². The summed E-state index contributed by atoms with van der Waals surface area (Å²) in [4.78, 5) is 0. The summed E-state index contributed by atoms with van der Waals surface area (Å²) in [6.07, 6.45) is 12.3. The number of halogens is 1. The summed E-state index contributed by atoms with van der Waals surface area (Å²) in [5.41, 5.74) is 1.45. The Kier molecular flexibility index (Phi) is 7.60. The van der Waals surface area contributed by atoms with E-state index < -0.39 is 0 Å². The highest BCUT2D eigenvalue weighted by atomic mass is 35.5. The van der Waals surface area contributed by atoms with E-state index in [0.29, 0.717) is 5.92 Å². The number of hydrogen-bond acceptors (Lipinski definition) is 1. The molecule has 1 unspecified atom stereocenters. The molecule has 118 valence electrons. The minimum Gasteiger partial charge on any atom is -0.313 e. The zero-order valence-corrected chi connectivity index (χ0v) is 14.2. The van der Waals surface area contributed by atoms with Gasteiger partial charge in [-0.2, -0.15) is 0 Å². The number of rotatable bonds is 11. The molecular weight excluding hydrogens is 278 g/mol. The van der Waals surface area contributed by atoms with Gasteiger partial charge in [0.2, 0.25) is 0 Å². The average molecular weight is 308 g/mol. The van der Waals surface area contributed by atoms with Crippen molar-refractivity contribution in [2.24, 2.45) is 0 Å². The van der Waals surface area contributed by atoms with Crippen molar-refractivity contribution in [2.45, 2.75) is 76.7 Å². The predicted octanol–water partition coefficient (Wildman–Crippen LogP) is 5.93. The Labute approximate surface area is 135 Å². The van der Waals surface area contributed by atoms with Gasteiger partial charge in [-0.3, -0.25) is 0 Å². The highest BCUT2D eigenvalue weighted by Crippen LogP contribution is 2.26. The Balaban J connectivity index is 1.75. The molecule has 0 aliphatic heterocycles. The molecule has 1 aliphatic carbocycles. The third-order valence-electron chi connectivity index (χ3n) is 4.48. The fourth-order valence-corrected chi connectivity index (χ4v) is 3.01. The highest BCUT2D eigenvalue weighted by molar-refractivity contribution is 6.30. The maximum atomic E-state index is 6.01. The lowest BCUT2D eigenvalue weighted by Gasteiger charge is -2.18. The number of hydrogen-bond donors (Lipinski definition) is 1. The number of nitrogens with one attached hydrogen (secondary N) is 1. The fourth-order valence-electron chi connectivity index (χ4n) is 2.89. The van der Waals surface area contributed by atoms with Crippen molar-refractivity contribution in [2.75, 3.05) is 6.54 Å². The summed E-state index contributed by atoms with van der Waals surface area (Å²) in [7, 11) is 0. The van der Waals surface area contributed by atoms with Crippen molar-refractivity contribution < 1.29 is 0 Å². The van der Waals surface area contributed by atoms with Crippen LogP contribution in [0.4, 0.5) is 0 Å². The molecule has 0 aromatic heterocycles. The summed E-state index contributed by atoms with van der Waals surface area (Å²) in [5.74, 6) is 0.647. The Morgan fingerprint density at radius 2 is 1.71 bits per heavy atom. The molecule has 2 heteroatoms. The van der Waals surface area contributed by atoms with Crippen molar-refractivity contribution in [3.63, 3.8) is 0 Å². The molecule has 0 bridgehead atoms. The monoisotopic (exact) mass is 307 g/mol. The second kappa shape index (κ2) is 9.48. The molecule has 21 heavy (non-hydrogen) atoms. The molecule has 1 fully saturated rings. The van der Waals surface area contributed by atoms with Crippen LogP contribution in [0, 0.1) is 0 Å². The quantitative estimate of drug-likeness (QED) is 0.500. The van der Waals surface area contributed by atoms with Crippen LogP contribution in [-0.4, -0.2) is 12.6 Å². The molecule has 1 atom stereocenters. The lowest BCUT2D eigenvalue weighted by atomic mass is 9.92. The van der Waals surface area contributed by atoms with E-state index in [0.717, 1.165) is 17.6 Å². The van der Waals surface area contributed by atoms with Crippen molar-refractivity contribution in [3.8, 4) is 0 Å². The summed E-state index contributed by atoms with van der Waals surface area (Å²) < 4.78 is 0. The van der Waals surface area contributed by atoms with E-state index in [9.17, 15) is 0 Å². The van der Waals surface area contributed by atoms with Crippen LogP contribution in [0.15, 0.2) is 24.3 Å². The molecule has 1 aromatic carbocycles. The zero-order valence-electron chi connectivity index (χ0n) is 13.4. The van der Waals surface area contributed by atoms with Crippen LogP contribution in [0.3, 0.4) is 0 Å². The first kappa shape index (κ1) is 16.8. The van der Waals surface area contributed by atoms with E-state index in [1.807, 2.05) is 12.1 Å². The van der Waals surface area contributed by atoms with Gasteiger partial charge in [0.1, 0.15) is 0 Å². The molecule has 1 nitrogen and oxygen atoms in total. The summed E-state index contributed by atoms with van der Waals surface area (Å²) in [6.45, 7) is 3.40. The third kappa shape index (κ3) is 6.84. The Morgan fingerprint density at radius 3 is 2.38 bits per heavy atom. The topological polar surface area (TPSA) is 12.0 Å². The van der Waals surface area contributed by atoms with Crippen LogP contribution in [0.25, 0.3) is 0 Å². The minimum absolute atomic E-state index is 0.647. The molecule has 0 heterocycles. The molecule has 2 rings (SSSR count). The molecule has 1 N–H and O–H groups in total. The lowest BCUT2D eigenvalue weighted by Crippen LogP contribution is -2.23. The predicted molar refractivity (Wildman–Crippen MR) is 93.2 cm³/mol. The normalized spacial score (nSPS) is 16.1. The van der Waals surface area contributed by atoms with Gasteiger partial charge in [0.25, 0.3) is 0 Å². The van der Waals surface area contributed by atoms with Crippen molar-refractivity contribution in [1.82, 2.24) is 5.32 Å². The molecule has 0 spiro atoms. The van der Waals surface area contributed by atoms with Crippen LogP contribution in [0.2, 0.25) is 5.02 Å². The van der Waals surface area contributed by atoms with Gasteiger partial charge in [-0.05, 0) is 42.9 Å². The second-order valence-corrected chi connectivity index (χ2v) is 6.92. The Hall–Kier alpha value is -0.530. The summed E-state index contributed by atoms with van der Waals surface area (Å²) in [5, 5.41) is 4.54. The molecular formula is C19H30ClN. The van der Waals surface area contributed by atoms with Gasteiger partial charge in [0, 0.05) is 17.6 Å². The lowest BCUT2D eigenvalue weighted by molar-refractivity contribution is 0.505. The van der Waals surface area contributed by atoms with Crippen molar-refractivity contribution >= 4 is 11.6 Å². The van der Waals surface area contributed by atoms with Crippen LogP contribution >= 0.6 is 11.6 Å². The van der Waals surface area contributed by atoms with E-state index in [4.69, 9.17) is 11.6 Å². The molecule has 0 saturated heterocycles. The van der Waals surface area contributed by atoms with E-state index in [-0.39, 0.29) is 0 Å². The Morgan fingerprint density at radius 1 is 1.05 bits per heavy atom. The van der Waals surface area contributed by atoms with E-state index in [2.05, 4.69) is 24.4 Å². The van der Waals surface area contributed by atoms with Gasteiger partial charge in [-0.25, -0.2) is 0 Å². The van der Waals surface area contributed by atoms with Crippen molar-refractivity contribution in [1.29, 1.82) is 0 Å². The standard InChI is InChI=1S/C19H30ClN/c1-2-3-4-5-6-7-8-17(15-21-19-13-14-19)16-9-11-18(20)12-10-16/h9-12,17,19,21H,2-8,13-15H2,1H3. The molecule has 0 amide bonds. The van der Waals surface area contributed by atoms with Gasteiger partial charge in [0.05, 0.1) is 0 Å². The van der Waals surface area contributed by atoms with Crippen LogP contribution in [-0.2, 0) is 0 Å². The average Bonchev–Trinajstić information content (AvgIpc) is 3.31. The molecule has 1 aliphatic rings. The highest BCUT2D eigenvalue weighted by Gasteiger charge is 2.22. The Bertz CT molecular complexity index is 383. The SMILES string of the molecule is CCCCCCCCC(CNC1CC1)c1ccc(Cl)cc1. The smallest absolute Gasteiger partial charge is 0.0406 e. The van der Waals surface area contributed by atoms with Gasteiger partial charge in [-0.1, -0.05) is 69.2 Å². The zero-order chi connectivity index (χ0) is 14.9. The number of benzene rings is 1. The molecule has 1 saturated carbocycles. The van der Waals surface area contributed by atoms with Gasteiger partial charge in [0.15, 0.2) is 0 Å². The van der Waals surface area contributed by atoms with Gasteiger partial charge >= 0.3 is 0 Å². The van der Waals surface area contributed by atoms with E-state index >= 15 is 0 Å². The first-order chi connectivity index (χ1) is 10.3. The van der Waals surface area contributed by atoms with Gasteiger partial charge in [-0.15, -0.1) is 0 Å². The molecule has 0 radical (unpaired) electrons.